The number of rotatable bonds is 7. The average Bonchev–Trinajstić information content (AvgIpc) is 3.12. The Kier molecular flexibility index (Phi) is 6.25. The van der Waals surface area contributed by atoms with Crippen LogP contribution in [0.25, 0.3) is 0 Å². The van der Waals surface area contributed by atoms with Crippen LogP contribution >= 0.6 is 0 Å². The summed E-state index contributed by atoms with van der Waals surface area (Å²) in [6, 6.07) is 12.2. The lowest BCUT2D eigenvalue weighted by Crippen LogP contribution is -2.45. The van der Waals surface area contributed by atoms with Crippen molar-refractivity contribution in [1.82, 2.24) is 9.80 Å². The van der Waals surface area contributed by atoms with E-state index in [9.17, 15) is 4.79 Å². The smallest absolute Gasteiger partial charge is 0.224 e. The van der Waals surface area contributed by atoms with E-state index >= 15 is 0 Å². The molecule has 0 radical (unpaired) electrons. The minimum Gasteiger partial charge on any atom is -0.468 e. The van der Waals surface area contributed by atoms with Crippen LogP contribution in [-0.4, -0.2) is 41.9 Å². The van der Waals surface area contributed by atoms with Crippen molar-refractivity contribution in [1.29, 1.82) is 0 Å². The Morgan fingerprint density at radius 2 is 1.72 bits per heavy atom. The summed E-state index contributed by atoms with van der Waals surface area (Å²) in [5.74, 6) is 1.12. The van der Waals surface area contributed by atoms with Crippen LogP contribution in [0, 0.1) is 0 Å². The normalized spacial score (nSPS) is 16.0. The Morgan fingerprint density at radius 1 is 1.04 bits per heavy atom. The number of hydrogen-bond donors (Lipinski definition) is 1. The molecule has 0 aliphatic carbocycles. The lowest BCUT2D eigenvalue weighted by Gasteiger charge is -2.34. The molecule has 1 fully saturated rings. The Labute approximate surface area is 149 Å². The summed E-state index contributed by atoms with van der Waals surface area (Å²) in [6.07, 6.45) is 3.18. The van der Waals surface area contributed by atoms with Gasteiger partial charge in [-0.3, -0.25) is 14.6 Å². The first-order valence-electron chi connectivity index (χ1n) is 9.09. The van der Waals surface area contributed by atoms with E-state index in [1.165, 1.54) is 5.56 Å². The van der Waals surface area contributed by atoms with Gasteiger partial charge in [0.05, 0.1) is 12.8 Å². The van der Waals surface area contributed by atoms with E-state index in [1.54, 1.807) is 6.26 Å². The van der Waals surface area contributed by atoms with Gasteiger partial charge in [0.2, 0.25) is 5.91 Å². The van der Waals surface area contributed by atoms with Crippen molar-refractivity contribution < 1.29 is 9.21 Å². The maximum Gasteiger partial charge on any atom is 0.224 e. The second-order valence-corrected chi connectivity index (χ2v) is 6.63. The van der Waals surface area contributed by atoms with Gasteiger partial charge in [0.15, 0.2) is 0 Å². The molecular formula is C20H27N3O2. The molecule has 5 nitrogen and oxygen atoms in total. The number of piperazine rings is 1. The molecule has 0 spiro atoms. The van der Waals surface area contributed by atoms with Crippen molar-refractivity contribution in [2.75, 3.05) is 31.5 Å². The first-order chi connectivity index (χ1) is 12.2. The highest BCUT2D eigenvalue weighted by atomic mass is 16.3. The zero-order chi connectivity index (χ0) is 17.5. The summed E-state index contributed by atoms with van der Waals surface area (Å²) < 4.78 is 5.43. The fourth-order valence-electron chi connectivity index (χ4n) is 3.13. The maximum absolute atomic E-state index is 11.6. The topological polar surface area (TPSA) is 48.7 Å². The Morgan fingerprint density at radius 3 is 2.32 bits per heavy atom. The third-order valence-corrected chi connectivity index (χ3v) is 4.55. The zero-order valence-electron chi connectivity index (χ0n) is 14.9. The van der Waals surface area contributed by atoms with Crippen LogP contribution in [0.2, 0.25) is 0 Å². The van der Waals surface area contributed by atoms with Crippen LogP contribution in [0.5, 0.6) is 0 Å². The van der Waals surface area contributed by atoms with Gasteiger partial charge in [-0.15, -0.1) is 0 Å². The number of nitrogens with zero attached hydrogens (tertiary/aromatic N) is 2. The van der Waals surface area contributed by atoms with E-state index in [-0.39, 0.29) is 5.91 Å². The van der Waals surface area contributed by atoms with Crippen molar-refractivity contribution in [3.05, 3.63) is 54.0 Å². The van der Waals surface area contributed by atoms with Gasteiger partial charge < -0.3 is 9.73 Å². The van der Waals surface area contributed by atoms with Gasteiger partial charge in [-0.05, 0) is 36.2 Å². The predicted molar refractivity (Wildman–Crippen MR) is 99.2 cm³/mol. The first-order valence-corrected chi connectivity index (χ1v) is 9.09. The van der Waals surface area contributed by atoms with Crippen LogP contribution in [0.15, 0.2) is 47.1 Å². The van der Waals surface area contributed by atoms with Crippen molar-refractivity contribution in [3.8, 4) is 0 Å². The van der Waals surface area contributed by atoms with E-state index in [2.05, 4.69) is 27.2 Å². The second kappa shape index (κ2) is 8.83. The summed E-state index contributed by atoms with van der Waals surface area (Å²) >= 11 is 0. The standard InChI is InChI=1S/C20H27N3O2/c1-2-4-20(24)21-18-8-6-17(7-9-18)15-22-10-12-23(13-11-22)16-19-5-3-14-25-19/h3,5-9,14H,2,4,10-13,15-16H2,1H3,(H,21,24). The molecule has 0 bridgehead atoms. The van der Waals surface area contributed by atoms with Gasteiger partial charge in [0, 0.05) is 44.8 Å². The molecule has 2 heterocycles. The molecule has 1 aliphatic heterocycles. The molecule has 1 saturated heterocycles. The SMILES string of the molecule is CCCC(=O)Nc1ccc(CN2CCN(Cc3ccco3)CC2)cc1. The number of benzene rings is 1. The molecule has 2 aromatic rings. The van der Waals surface area contributed by atoms with Crippen molar-refractivity contribution >= 4 is 11.6 Å². The van der Waals surface area contributed by atoms with Crippen LogP contribution in [0.3, 0.4) is 0 Å². The molecule has 5 heteroatoms. The number of carbonyl (C=O) groups is 1. The molecule has 0 unspecified atom stereocenters. The third kappa shape index (κ3) is 5.44. The minimum atomic E-state index is 0.0860. The largest absolute Gasteiger partial charge is 0.468 e. The number of amides is 1. The highest BCUT2D eigenvalue weighted by Crippen LogP contribution is 2.14. The number of nitrogens with one attached hydrogen (secondary N) is 1. The molecule has 1 aromatic heterocycles. The van der Waals surface area contributed by atoms with Crippen molar-refractivity contribution in [2.45, 2.75) is 32.9 Å². The molecule has 0 atom stereocenters. The van der Waals surface area contributed by atoms with Crippen molar-refractivity contribution in [3.63, 3.8) is 0 Å². The van der Waals surface area contributed by atoms with Gasteiger partial charge in [0.25, 0.3) is 0 Å². The Balaban J connectivity index is 1.43. The molecule has 3 rings (SSSR count). The predicted octanol–water partition coefficient (Wildman–Crippen LogP) is 3.34. The van der Waals surface area contributed by atoms with Crippen LogP contribution in [0.1, 0.15) is 31.1 Å². The van der Waals surface area contributed by atoms with Crippen LogP contribution in [0.4, 0.5) is 5.69 Å². The summed E-state index contributed by atoms with van der Waals surface area (Å²) in [5.41, 5.74) is 2.17. The monoisotopic (exact) mass is 341 g/mol. The molecule has 25 heavy (non-hydrogen) atoms. The molecular weight excluding hydrogens is 314 g/mol. The van der Waals surface area contributed by atoms with Gasteiger partial charge in [-0.2, -0.15) is 0 Å². The zero-order valence-corrected chi connectivity index (χ0v) is 14.9. The fraction of sp³-hybridized carbons (Fsp3) is 0.450. The summed E-state index contributed by atoms with van der Waals surface area (Å²) in [6.45, 7) is 8.12. The van der Waals surface area contributed by atoms with Gasteiger partial charge in [-0.1, -0.05) is 19.1 Å². The van der Waals surface area contributed by atoms with Gasteiger partial charge in [0.1, 0.15) is 5.76 Å². The van der Waals surface area contributed by atoms with E-state index in [0.717, 1.165) is 57.1 Å². The maximum atomic E-state index is 11.6. The van der Waals surface area contributed by atoms with E-state index in [4.69, 9.17) is 4.42 Å². The summed E-state index contributed by atoms with van der Waals surface area (Å²) in [7, 11) is 0. The first kappa shape index (κ1) is 17.7. The Bertz CT molecular complexity index is 644. The second-order valence-electron chi connectivity index (χ2n) is 6.63. The van der Waals surface area contributed by atoms with E-state index in [0.29, 0.717) is 6.42 Å². The van der Waals surface area contributed by atoms with Crippen LogP contribution < -0.4 is 5.32 Å². The molecule has 134 valence electrons. The summed E-state index contributed by atoms with van der Waals surface area (Å²) in [5, 5.41) is 2.93. The lowest BCUT2D eigenvalue weighted by atomic mass is 10.1. The van der Waals surface area contributed by atoms with Crippen LogP contribution in [-0.2, 0) is 17.9 Å². The van der Waals surface area contributed by atoms with E-state index in [1.807, 2.05) is 31.2 Å². The number of hydrogen-bond acceptors (Lipinski definition) is 4. The molecule has 0 saturated carbocycles. The number of carbonyl (C=O) groups excluding carboxylic acids is 1. The highest BCUT2D eigenvalue weighted by molar-refractivity contribution is 5.90. The van der Waals surface area contributed by atoms with E-state index < -0.39 is 0 Å². The fourth-order valence-corrected chi connectivity index (χ4v) is 3.13. The van der Waals surface area contributed by atoms with Gasteiger partial charge >= 0.3 is 0 Å². The quantitative estimate of drug-likeness (QED) is 0.839. The highest BCUT2D eigenvalue weighted by Gasteiger charge is 2.17. The minimum absolute atomic E-state index is 0.0860. The van der Waals surface area contributed by atoms with Crippen molar-refractivity contribution in [2.24, 2.45) is 0 Å². The molecule has 1 amide bonds. The third-order valence-electron chi connectivity index (χ3n) is 4.55. The summed E-state index contributed by atoms with van der Waals surface area (Å²) in [4.78, 5) is 16.5. The Hall–Kier alpha value is -2.11. The molecule has 1 aliphatic rings. The van der Waals surface area contributed by atoms with Gasteiger partial charge in [-0.25, -0.2) is 0 Å². The molecule has 1 aromatic carbocycles. The average molecular weight is 341 g/mol. The number of anilines is 1. The molecule has 1 N–H and O–H groups in total. The lowest BCUT2D eigenvalue weighted by molar-refractivity contribution is -0.116. The number of furan rings is 1.